The molecular weight excluding hydrogens is 767 g/mol. The second-order valence-electron chi connectivity index (χ2n) is 17.2. The first-order valence-electron chi connectivity index (χ1n) is 25.8. The maximum atomic E-state index is 11.9. The number of rotatable bonds is 9. The van der Waals surface area contributed by atoms with Crippen molar-refractivity contribution in [2.24, 2.45) is 0 Å². The highest BCUT2D eigenvalue weighted by molar-refractivity contribution is 5.98. The third kappa shape index (κ3) is 7.98. The number of imidazole rings is 1. The SMILES string of the molecule is [2H]C([2H])([2H])C(c1ccc(-c2ccnc(-c3cc(-c4ccccc4)cc(-c4cccc5c4nc(-c4cc(C)cc(C)c4O)n5-c4ccc(C(C)(C)CC)cc4-c4ccccc4)c3)c2)cc1)(C([2H])([2H])[2H])C([2H])([2H])[2H]. The number of para-hydroxylation sites is 1. The van der Waals surface area contributed by atoms with E-state index < -0.39 is 26.0 Å². The van der Waals surface area contributed by atoms with Crippen LogP contribution >= 0.6 is 0 Å². The minimum Gasteiger partial charge on any atom is -0.507 e. The van der Waals surface area contributed by atoms with Gasteiger partial charge in [0.25, 0.3) is 0 Å². The van der Waals surface area contributed by atoms with Gasteiger partial charge in [-0.05, 0) is 141 Å². The maximum Gasteiger partial charge on any atom is 0.149 e. The van der Waals surface area contributed by atoms with Crippen LogP contribution in [0.4, 0.5) is 0 Å². The highest BCUT2D eigenvalue weighted by Gasteiger charge is 2.26. The van der Waals surface area contributed by atoms with Crippen molar-refractivity contribution in [3.05, 3.63) is 192 Å². The van der Waals surface area contributed by atoms with Gasteiger partial charge >= 0.3 is 0 Å². The number of aromatic hydroxyl groups is 1. The molecule has 63 heavy (non-hydrogen) atoms. The van der Waals surface area contributed by atoms with Crippen molar-refractivity contribution in [1.82, 2.24) is 14.5 Å². The largest absolute Gasteiger partial charge is 0.507 e. The topological polar surface area (TPSA) is 50.9 Å². The Bertz CT molecular complexity index is 3430. The Morgan fingerprint density at radius 3 is 1.95 bits per heavy atom. The first kappa shape index (κ1) is 31.8. The number of fused-ring (bicyclic) bond motifs is 1. The van der Waals surface area contributed by atoms with E-state index in [1.54, 1.807) is 24.4 Å². The summed E-state index contributed by atoms with van der Waals surface area (Å²) in [5.41, 5.74) is 11.0. The molecule has 9 rings (SSSR count). The second-order valence-corrected chi connectivity index (χ2v) is 17.2. The zero-order valence-electron chi connectivity index (χ0n) is 45.2. The molecule has 2 aromatic heterocycles. The van der Waals surface area contributed by atoms with Gasteiger partial charge in [0, 0.05) is 35.2 Å². The second kappa shape index (κ2) is 16.3. The highest BCUT2D eigenvalue weighted by atomic mass is 16.3. The lowest BCUT2D eigenvalue weighted by Crippen LogP contribution is -2.16. The average molecular weight is 831 g/mol. The molecule has 0 unspecified atom stereocenters. The molecule has 0 fully saturated rings. The zero-order valence-corrected chi connectivity index (χ0v) is 36.2. The molecule has 0 radical (unpaired) electrons. The van der Waals surface area contributed by atoms with Crippen molar-refractivity contribution in [3.8, 4) is 78.6 Å². The van der Waals surface area contributed by atoms with Gasteiger partial charge in [-0.2, -0.15) is 0 Å². The summed E-state index contributed by atoms with van der Waals surface area (Å²) in [6.07, 6.45) is 2.63. The van der Waals surface area contributed by atoms with E-state index in [-0.39, 0.29) is 16.7 Å². The summed E-state index contributed by atoms with van der Waals surface area (Å²) in [6, 6.07) is 52.9. The minimum absolute atomic E-state index is 0.0847. The number of phenolic OH excluding ortho intramolecular Hbond substituents is 1. The lowest BCUT2D eigenvalue weighted by molar-refractivity contribution is 0.472. The Morgan fingerprint density at radius 2 is 1.24 bits per heavy atom. The predicted molar refractivity (Wildman–Crippen MR) is 265 cm³/mol. The molecule has 0 amide bonds. The molecule has 0 spiro atoms. The van der Waals surface area contributed by atoms with E-state index in [2.05, 4.69) is 98.1 Å². The molecule has 0 atom stereocenters. The molecule has 4 heteroatoms. The van der Waals surface area contributed by atoms with Gasteiger partial charge in [-0.1, -0.05) is 151 Å². The number of hydrogen-bond acceptors (Lipinski definition) is 3. The van der Waals surface area contributed by atoms with Gasteiger partial charge in [0.15, 0.2) is 0 Å². The maximum absolute atomic E-state index is 11.9. The summed E-state index contributed by atoms with van der Waals surface area (Å²) in [7, 11) is 0. The fraction of sp³-hybridized carbons (Fsp3) is 0.186. The van der Waals surface area contributed by atoms with Crippen LogP contribution in [0.25, 0.3) is 83.9 Å². The summed E-state index contributed by atoms with van der Waals surface area (Å²) < 4.78 is 76.0. The van der Waals surface area contributed by atoms with E-state index in [9.17, 15) is 5.11 Å². The molecular formula is C59H55N3O. The number of aryl methyl sites for hydroxylation is 2. The van der Waals surface area contributed by atoms with Crippen LogP contribution in [0, 0.1) is 13.8 Å². The van der Waals surface area contributed by atoms with Crippen molar-refractivity contribution < 1.29 is 17.4 Å². The minimum atomic E-state index is -3.37. The standard InChI is InChI=1S/C59H55N3O/c1-9-59(7,8)48-27-28-53(50(37-48)42-19-14-11-15-20-42)62-54-22-16-21-49(55(54)61-57(62)51-32-38(2)31-39(3)56(51)63)45-33-44(40-17-12-10-13-18-40)34-46(35-45)52-36-43(29-30-60-52)41-23-25-47(26-24-41)58(4,5)6/h10-37,63H,9H2,1-8H3/i4D3,5D3,6D3. The molecule has 0 saturated carbocycles. The van der Waals surface area contributed by atoms with Gasteiger partial charge in [-0.25, -0.2) is 4.98 Å². The van der Waals surface area contributed by atoms with E-state index in [1.165, 1.54) is 17.7 Å². The van der Waals surface area contributed by atoms with Crippen LogP contribution in [0.1, 0.15) is 82.3 Å². The quantitative estimate of drug-likeness (QED) is 0.158. The Kier molecular flexibility index (Phi) is 8.24. The van der Waals surface area contributed by atoms with Crippen molar-refractivity contribution in [3.63, 3.8) is 0 Å². The number of pyridine rings is 1. The third-order valence-corrected chi connectivity index (χ3v) is 12.4. The molecule has 7 aromatic carbocycles. The van der Waals surface area contributed by atoms with Gasteiger partial charge in [0.05, 0.1) is 28.0 Å². The van der Waals surface area contributed by atoms with Crippen LogP contribution in [0.3, 0.4) is 0 Å². The monoisotopic (exact) mass is 830 g/mol. The summed E-state index contributed by atoms with van der Waals surface area (Å²) >= 11 is 0. The highest BCUT2D eigenvalue weighted by Crippen LogP contribution is 2.43. The van der Waals surface area contributed by atoms with Gasteiger partial charge in [0.2, 0.25) is 0 Å². The van der Waals surface area contributed by atoms with Crippen molar-refractivity contribution >= 4 is 11.0 Å². The normalized spacial score (nSPS) is 14.7. The van der Waals surface area contributed by atoms with E-state index in [1.807, 2.05) is 74.5 Å². The number of aromatic nitrogens is 3. The zero-order chi connectivity index (χ0) is 51.5. The first-order chi connectivity index (χ1) is 34.0. The Balaban J connectivity index is 1.25. The van der Waals surface area contributed by atoms with Crippen LogP contribution in [-0.2, 0) is 10.8 Å². The Hall–Kier alpha value is -7.04. The van der Waals surface area contributed by atoms with Gasteiger partial charge in [-0.15, -0.1) is 0 Å². The van der Waals surface area contributed by atoms with Crippen LogP contribution < -0.4 is 0 Å². The predicted octanol–water partition coefficient (Wildman–Crippen LogP) is 15.7. The molecule has 0 saturated heterocycles. The molecule has 9 aromatic rings. The first-order valence-corrected chi connectivity index (χ1v) is 21.3. The summed E-state index contributed by atoms with van der Waals surface area (Å²) in [4.78, 5) is 10.4. The van der Waals surface area contributed by atoms with Gasteiger partial charge < -0.3 is 5.11 Å². The van der Waals surface area contributed by atoms with E-state index in [4.69, 9.17) is 22.3 Å². The molecule has 312 valence electrons. The van der Waals surface area contributed by atoms with Crippen molar-refractivity contribution in [2.45, 2.75) is 72.4 Å². The van der Waals surface area contributed by atoms with Crippen LogP contribution in [0.15, 0.2) is 170 Å². The van der Waals surface area contributed by atoms with E-state index >= 15 is 0 Å². The molecule has 4 nitrogen and oxygen atoms in total. The number of nitrogens with zero attached hydrogens (tertiary/aromatic N) is 3. The van der Waals surface area contributed by atoms with Crippen molar-refractivity contribution in [1.29, 1.82) is 0 Å². The third-order valence-electron chi connectivity index (χ3n) is 12.4. The molecule has 0 aliphatic rings. The van der Waals surface area contributed by atoms with Crippen LogP contribution in [-0.4, -0.2) is 19.6 Å². The Labute approximate surface area is 385 Å². The average Bonchev–Trinajstić information content (AvgIpc) is 3.74. The van der Waals surface area contributed by atoms with Gasteiger partial charge in [-0.3, -0.25) is 9.55 Å². The fourth-order valence-corrected chi connectivity index (χ4v) is 8.50. The number of phenols is 1. The lowest BCUT2D eigenvalue weighted by Gasteiger charge is -2.26. The number of hydrogen-bond donors (Lipinski definition) is 1. The lowest BCUT2D eigenvalue weighted by atomic mass is 9.81. The van der Waals surface area contributed by atoms with E-state index in [0.717, 1.165) is 73.2 Å². The summed E-state index contributed by atoms with van der Waals surface area (Å²) in [5, 5.41) is 11.9. The Morgan fingerprint density at radius 1 is 0.571 bits per heavy atom. The fourth-order valence-electron chi connectivity index (χ4n) is 8.50. The summed E-state index contributed by atoms with van der Waals surface area (Å²) in [5.74, 6) is 0.749. The molecule has 2 heterocycles. The molecule has 0 bridgehead atoms. The summed E-state index contributed by atoms with van der Waals surface area (Å²) in [6.45, 7) is 0.541. The number of benzene rings is 7. The van der Waals surface area contributed by atoms with E-state index in [0.29, 0.717) is 28.2 Å². The van der Waals surface area contributed by atoms with Gasteiger partial charge in [0.1, 0.15) is 11.6 Å². The molecule has 1 N–H and O–H groups in total. The molecule has 0 aliphatic heterocycles. The van der Waals surface area contributed by atoms with Crippen molar-refractivity contribution in [2.75, 3.05) is 0 Å². The smallest absolute Gasteiger partial charge is 0.149 e. The molecule has 0 aliphatic carbocycles. The van der Waals surface area contributed by atoms with Crippen LogP contribution in [0.5, 0.6) is 5.75 Å². The van der Waals surface area contributed by atoms with Crippen LogP contribution in [0.2, 0.25) is 0 Å².